The van der Waals surface area contributed by atoms with Crippen LogP contribution in [0.3, 0.4) is 0 Å². The monoisotopic (exact) mass is 218 g/mol. The molecule has 0 aromatic heterocycles. The normalized spacial score (nSPS) is 11.5. The molecule has 1 atom stereocenters. The first kappa shape index (κ1) is 10.6. The maximum atomic E-state index is 11.3. The summed E-state index contributed by atoms with van der Waals surface area (Å²) in [7, 11) is -1.35. The van der Waals surface area contributed by atoms with Gasteiger partial charge in [0.25, 0.3) is 10.1 Å². The van der Waals surface area contributed by atoms with E-state index in [-0.39, 0.29) is 11.2 Å². The SMILES string of the molecule is Cc1ccc(S(=O)(=O)OCP)cc1. The maximum absolute atomic E-state index is 11.3. The first-order valence-corrected chi connectivity index (χ1v) is 5.95. The van der Waals surface area contributed by atoms with Crippen LogP contribution in [0, 0.1) is 6.92 Å². The van der Waals surface area contributed by atoms with Gasteiger partial charge in [-0.15, -0.1) is 9.24 Å². The molecular formula is C8H11O3PS. The molecule has 1 unspecified atom stereocenters. The lowest BCUT2D eigenvalue weighted by atomic mass is 10.2. The summed E-state index contributed by atoms with van der Waals surface area (Å²) in [4.78, 5) is 0.195. The molecule has 13 heavy (non-hydrogen) atoms. The molecule has 1 rings (SSSR count). The summed E-state index contributed by atoms with van der Waals surface area (Å²) in [5.74, 6) is 0. The van der Waals surface area contributed by atoms with Crippen molar-refractivity contribution in [3.63, 3.8) is 0 Å². The second-order valence-corrected chi connectivity index (χ2v) is 4.50. The average Bonchev–Trinajstić information content (AvgIpc) is 2.05. The van der Waals surface area contributed by atoms with Crippen molar-refractivity contribution in [3.05, 3.63) is 29.8 Å². The predicted molar refractivity (Wildman–Crippen MR) is 54.0 cm³/mol. The zero-order valence-corrected chi connectivity index (χ0v) is 9.20. The molecule has 1 aromatic rings. The van der Waals surface area contributed by atoms with E-state index in [1.165, 1.54) is 12.1 Å². The summed E-state index contributed by atoms with van der Waals surface area (Å²) in [6.45, 7) is 1.90. The van der Waals surface area contributed by atoms with E-state index in [1.807, 2.05) is 6.92 Å². The van der Waals surface area contributed by atoms with Crippen LogP contribution < -0.4 is 0 Å². The van der Waals surface area contributed by atoms with Crippen LogP contribution in [0.4, 0.5) is 0 Å². The van der Waals surface area contributed by atoms with E-state index < -0.39 is 10.1 Å². The maximum Gasteiger partial charge on any atom is 0.297 e. The summed E-state index contributed by atoms with van der Waals surface area (Å²) in [5.41, 5.74) is 1.02. The highest BCUT2D eigenvalue weighted by Crippen LogP contribution is 2.13. The number of benzene rings is 1. The minimum absolute atomic E-state index is 0.0796. The summed E-state index contributed by atoms with van der Waals surface area (Å²) < 4.78 is 27.2. The minimum atomic E-state index is -3.55. The van der Waals surface area contributed by atoms with Crippen molar-refractivity contribution in [1.29, 1.82) is 0 Å². The van der Waals surface area contributed by atoms with Crippen LogP contribution in [0.15, 0.2) is 29.2 Å². The Balaban J connectivity index is 3.02. The molecule has 0 saturated carbocycles. The van der Waals surface area contributed by atoms with Gasteiger partial charge in [0.2, 0.25) is 0 Å². The van der Waals surface area contributed by atoms with Crippen LogP contribution >= 0.6 is 9.24 Å². The molecule has 0 bridgehead atoms. The lowest BCUT2D eigenvalue weighted by molar-refractivity contribution is 0.381. The molecule has 0 amide bonds. The fourth-order valence-corrected chi connectivity index (χ4v) is 2.18. The molecule has 0 N–H and O–H groups in total. The Labute approximate surface area is 80.4 Å². The Bertz CT molecular complexity index is 369. The fraction of sp³-hybridized carbons (Fsp3) is 0.250. The highest BCUT2D eigenvalue weighted by atomic mass is 32.2. The van der Waals surface area contributed by atoms with Crippen molar-refractivity contribution in [2.24, 2.45) is 0 Å². The Hall–Kier alpha value is -0.440. The van der Waals surface area contributed by atoms with Crippen LogP contribution in [0.5, 0.6) is 0 Å². The molecule has 0 aliphatic carbocycles. The number of aryl methyl sites for hydroxylation is 1. The highest BCUT2D eigenvalue weighted by molar-refractivity contribution is 7.86. The topological polar surface area (TPSA) is 43.4 Å². The molecule has 3 nitrogen and oxygen atoms in total. The van der Waals surface area contributed by atoms with Crippen LogP contribution in [-0.2, 0) is 14.3 Å². The van der Waals surface area contributed by atoms with Gasteiger partial charge < -0.3 is 0 Å². The quantitative estimate of drug-likeness (QED) is 0.571. The van der Waals surface area contributed by atoms with Gasteiger partial charge in [-0.2, -0.15) is 8.42 Å². The molecule has 1 aromatic carbocycles. The smallest absolute Gasteiger partial charge is 0.262 e. The number of rotatable bonds is 3. The predicted octanol–water partition coefficient (Wildman–Crippen LogP) is 1.53. The van der Waals surface area contributed by atoms with Gasteiger partial charge >= 0.3 is 0 Å². The lowest BCUT2D eigenvalue weighted by Gasteiger charge is -2.02. The molecule has 72 valence electrons. The van der Waals surface area contributed by atoms with Gasteiger partial charge in [0.15, 0.2) is 0 Å². The highest BCUT2D eigenvalue weighted by Gasteiger charge is 2.12. The Morgan fingerprint density at radius 2 is 1.85 bits per heavy atom. The number of hydrogen-bond donors (Lipinski definition) is 0. The molecule has 0 aliphatic rings. The van der Waals surface area contributed by atoms with Crippen molar-refractivity contribution in [2.45, 2.75) is 11.8 Å². The number of hydrogen-bond acceptors (Lipinski definition) is 3. The summed E-state index contributed by atoms with van der Waals surface area (Å²) in [6, 6.07) is 6.54. The first-order chi connectivity index (χ1) is 6.06. The lowest BCUT2D eigenvalue weighted by Crippen LogP contribution is -2.04. The van der Waals surface area contributed by atoms with Crippen molar-refractivity contribution in [3.8, 4) is 0 Å². The zero-order chi connectivity index (χ0) is 9.90. The van der Waals surface area contributed by atoms with Gasteiger partial charge in [-0.3, -0.25) is 4.18 Å². The van der Waals surface area contributed by atoms with Gasteiger partial charge in [-0.25, -0.2) is 0 Å². The Morgan fingerprint density at radius 3 is 2.31 bits per heavy atom. The fourth-order valence-electron chi connectivity index (χ4n) is 0.863. The van der Waals surface area contributed by atoms with E-state index in [1.54, 1.807) is 12.1 Å². The van der Waals surface area contributed by atoms with Crippen molar-refractivity contribution in [2.75, 3.05) is 6.35 Å². The molecule has 0 spiro atoms. The molecule has 0 radical (unpaired) electrons. The van der Waals surface area contributed by atoms with Gasteiger partial charge in [0.1, 0.15) is 0 Å². The van der Waals surface area contributed by atoms with Crippen LogP contribution in [-0.4, -0.2) is 14.8 Å². The molecule has 0 aliphatic heterocycles. The second kappa shape index (κ2) is 4.18. The van der Waals surface area contributed by atoms with Crippen LogP contribution in [0.25, 0.3) is 0 Å². The van der Waals surface area contributed by atoms with Gasteiger partial charge in [0.05, 0.1) is 11.2 Å². The van der Waals surface area contributed by atoms with E-state index in [2.05, 4.69) is 13.4 Å². The first-order valence-electron chi connectivity index (χ1n) is 3.72. The zero-order valence-electron chi connectivity index (χ0n) is 7.23. The van der Waals surface area contributed by atoms with Crippen molar-refractivity contribution < 1.29 is 12.6 Å². The third kappa shape index (κ3) is 2.76. The third-order valence-electron chi connectivity index (χ3n) is 1.53. The Kier molecular flexibility index (Phi) is 3.42. The molecule has 5 heteroatoms. The van der Waals surface area contributed by atoms with E-state index in [9.17, 15) is 8.42 Å². The summed E-state index contributed by atoms with van der Waals surface area (Å²) in [5, 5.41) is 0. The molecule has 0 heterocycles. The van der Waals surface area contributed by atoms with Gasteiger partial charge in [0, 0.05) is 0 Å². The van der Waals surface area contributed by atoms with E-state index >= 15 is 0 Å². The van der Waals surface area contributed by atoms with Crippen LogP contribution in [0.2, 0.25) is 0 Å². The standard InChI is InChI=1S/C8H11O3PS/c1-7-2-4-8(5-3-7)13(9,10)11-6-12/h2-5H,6,12H2,1H3. The van der Waals surface area contributed by atoms with E-state index in [0.717, 1.165) is 5.56 Å². The van der Waals surface area contributed by atoms with Gasteiger partial charge in [-0.1, -0.05) is 17.7 Å². The van der Waals surface area contributed by atoms with Gasteiger partial charge in [-0.05, 0) is 19.1 Å². The average molecular weight is 218 g/mol. The molecule has 0 saturated heterocycles. The van der Waals surface area contributed by atoms with E-state index in [0.29, 0.717) is 0 Å². The van der Waals surface area contributed by atoms with Crippen molar-refractivity contribution >= 4 is 19.4 Å². The molecule has 0 fully saturated rings. The van der Waals surface area contributed by atoms with E-state index in [4.69, 9.17) is 0 Å². The second-order valence-electron chi connectivity index (χ2n) is 2.55. The molecular weight excluding hydrogens is 207 g/mol. The third-order valence-corrected chi connectivity index (χ3v) is 3.24. The van der Waals surface area contributed by atoms with Crippen LogP contribution in [0.1, 0.15) is 5.56 Å². The van der Waals surface area contributed by atoms with Crippen molar-refractivity contribution in [1.82, 2.24) is 0 Å². The minimum Gasteiger partial charge on any atom is -0.262 e. The summed E-state index contributed by atoms with van der Waals surface area (Å²) >= 11 is 0. The Morgan fingerprint density at radius 1 is 1.31 bits per heavy atom. The largest absolute Gasteiger partial charge is 0.297 e. The summed E-state index contributed by atoms with van der Waals surface area (Å²) in [6.07, 6.45) is 0.0796.